The molecule has 5 nitrogen and oxygen atoms in total. The molecule has 1 aromatic heterocycles. The quantitative estimate of drug-likeness (QED) is 0.722. The van der Waals surface area contributed by atoms with Gasteiger partial charge in [-0.3, -0.25) is 4.79 Å². The predicted molar refractivity (Wildman–Crippen MR) is 51.4 cm³/mol. The van der Waals surface area contributed by atoms with E-state index in [1.165, 1.54) is 0 Å². The molecule has 0 saturated heterocycles. The molecule has 78 valence electrons. The van der Waals surface area contributed by atoms with Crippen LogP contribution in [-0.2, 0) is 17.8 Å². The first-order valence-electron chi connectivity index (χ1n) is 4.60. The average molecular weight is 197 g/mol. The second-order valence-corrected chi connectivity index (χ2v) is 3.08. The Morgan fingerprint density at radius 2 is 2.50 bits per heavy atom. The Labute approximate surface area is 82.7 Å². The van der Waals surface area contributed by atoms with Crippen LogP contribution in [0.25, 0.3) is 0 Å². The second kappa shape index (κ2) is 4.76. The number of nitrogens with zero attached hydrogens (tertiary/aromatic N) is 1. The highest BCUT2D eigenvalue weighted by atomic mass is 16.4. The van der Waals surface area contributed by atoms with Gasteiger partial charge in [-0.05, 0) is 6.92 Å². The summed E-state index contributed by atoms with van der Waals surface area (Å²) in [6.45, 7) is 3.90. The summed E-state index contributed by atoms with van der Waals surface area (Å²) < 4.78 is 5.30. The molecule has 0 fully saturated rings. The molecular formula is C9H15N3O2. The Balaban J connectivity index is 2.41. The van der Waals surface area contributed by atoms with Gasteiger partial charge in [0.1, 0.15) is 5.76 Å². The predicted octanol–water partition coefficient (Wildman–Crippen LogP) is 0.200. The molecule has 0 bridgehead atoms. The number of amides is 1. The summed E-state index contributed by atoms with van der Waals surface area (Å²) in [6.07, 6.45) is 2.46. The highest BCUT2D eigenvalue weighted by Gasteiger charge is 2.08. The number of aryl methyl sites for hydroxylation is 1. The lowest BCUT2D eigenvalue weighted by Gasteiger charge is -2.04. The fourth-order valence-electron chi connectivity index (χ4n) is 0.917. The van der Waals surface area contributed by atoms with Gasteiger partial charge in [-0.25, -0.2) is 4.98 Å². The van der Waals surface area contributed by atoms with E-state index >= 15 is 0 Å². The highest BCUT2D eigenvalue weighted by molar-refractivity contribution is 5.80. The Bertz CT molecular complexity index is 307. The van der Waals surface area contributed by atoms with Crippen molar-refractivity contribution >= 4 is 5.91 Å². The van der Waals surface area contributed by atoms with Crippen LogP contribution < -0.4 is 11.1 Å². The number of nitrogens with two attached hydrogens (primary N) is 1. The topological polar surface area (TPSA) is 81.2 Å². The molecule has 14 heavy (non-hydrogen) atoms. The summed E-state index contributed by atoms with van der Waals surface area (Å²) in [5.41, 5.74) is 5.37. The zero-order valence-corrected chi connectivity index (χ0v) is 8.41. The van der Waals surface area contributed by atoms with E-state index in [9.17, 15) is 4.79 Å². The minimum absolute atomic E-state index is 0.207. The van der Waals surface area contributed by atoms with Gasteiger partial charge in [-0.15, -0.1) is 0 Å². The highest BCUT2D eigenvalue weighted by Crippen LogP contribution is 2.03. The van der Waals surface area contributed by atoms with Crippen LogP contribution in [0.1, 0.15) is 25.5 Å². The van der Waals surface area contributed by atoms with Crippen LogP contribution in [0.15, 0.2) is 10.6 Å². The number of nitrogens with one attached hydrogen (secondary N) is 1. The smallest absolute Gasteiger partial charge is 0.237 e. The van der Waals surface area contributed by atoms with Gasteiger partial charge in [0.2, 0.25) is 11.8 Å². The Morgan fingerprint density at radius 1 is 1.79 bits per heavy atom. The largest absolute Gasteiger partial charge is 0.444 e. The first kappa shape index (κ1) is 10.7. The van der Waals surface area contributed by atoms with E-state index in [1.54, 1.807) is 13.1 Å². The van der Waals surface area contributed by atoms with Crippen molar-refractivity contribution in [2.45, 2.75) is 32.9 Å². The minimum atomic E-state index is -0.504. The van der Waals surface area contributed by atoms with Crippen molar-refractivity contribution in [1.29, 1.82) is 0 Å². The van der Waals surface area contributed by atoms with Gasteiger partial charge in [-0.1, -0.05) is 6.92 Å². The average Bonchev–Trinajstić information content (AvgIpc) is 2.61. The first-order chi connectivity index (χ1) is 6.63. The molecule has 1 aromatic rings. The standard InChI is InChI=1S/C9H15N3O2/c1-3-7-4-11-8(14-7)5-12-9(13)6(2)10/h4,6H,3,5,10H2,1-2H3,(H,12,13)/t6-/m0/s1. The van der Waals surface area contributed by atoms with Crippen molar-refractivity contribution in [2.75, 3.05) is 0 Å². The fourth-order valence-corrected chi connectivity index (χ4v) is 0.917. The van der Waals surface area contributed by atoms with Crippen molar-refractivity contribution in [3.05, 3.63) is 17.8 Å². The fraction of sp³-hybridized carbons (Fsp3) is 0.556. The number of rotatable bonds is 4. The van der Waals surface area contributed by atoms with Crippen molar-refractivity contribution in [1.82, 2.24) is 10.3 Å². The molecule has 0 unspecified atom stereocenters. The summed E-state index contributed by atoms with van der Waals surface area (Å²) in [4.78, 5) is 15.1. The van der Waals surface area contributed by atoms with Gasteiger partial charge in [0.25, 0.3) is 0 Å². The zero-order chi connectivity index (χ0) is 10.6. The molecule has 1 rings (SSSR count). The lowest BCUT2D eigenvalue weighted by Crippen LogP contribution is -2.37. The Morgan fingerprint density at radius 3 is 3.00 bits per heavy atom. The van der Waals surface area contributed by atoms with Gasteiger partial charge in [0, 0.05) is 6.42 Å². The van der Waals surface area contributed by atoms with Crippen molar-refractivity contribution in [3.8, 4) is 0 Å². The van der Waals surface area contributed by atoms with Crippen molar-refractivity contribution in [3.63, 3.8) is 0 Å². The van der Waals surface area contributed by atoms with E-state index in [0.717, 1.165) is 12.2 Å². The lowest BCUT2D eigenvalue weighted by atomic mass is 10.3. The molecule has 1 atom stereocenters. The van der Waals surface area contributed by atoms with Crippen LogP contribution in [0.3, 0.4) is 0 Å². The maximum Gasteiger partial charge on any atom is 0.237 e. The van der Waals surface area contributed by atoms with Crippen LogP contribution in [-0.4, -0.2) is 16.9 Å². The van der Waals surface area contributed by atoms with Crippen LogP contribution in [0, 0.1) is 0 Å². The normalized spacial score (nSPS) is 12.5. The molecule has 1 amide bonds. The van der Waals surface area contributed by atoms with E-state index in [4.69, 9.17) is 10.2 Å². The SMILES string of the molecule is CCc1cnc(CNC(=O)[C@H](C)N)o1. The number of hydrogen-bond acceptors (Lipinski definition) is 4. The van der Waals surface area contributed by atoms with Crippen LogP contribution >= 0.6 is 0 Å². The third-order valence-electron chi connectivity index (χ3n) is 1.78. The van der Waals surface area contributed by atoms with Gasteiger partial charge in [-0.2, -0.15) is 0 Å². The first-order valence-corrected chi connectivity index (χ1v) is 4.60. The van der Waals surface area contributed by atoms with E-state index in [0.29, 0.717) is 12.4 Å². The molecule has 0 aromatic carbocycles. The third-order valence-corrected chi connectivity index (χ3v) is 1.78. The third kappa shape index (κ3) is 2.85. The second-order valence-electron chi connectivity index (χ2n) is 3.08. The number of carbonyl (C=O) groups is 1. The van der Waals surface area contributed by atoms with Gasteiger partial charge in [0.15, 0.2) is 0 Å². The molecule has 0 saturated carbocycles. The van der Waals surface area contributed by atoms with Crippen molar-refractivity contribution < 1.29 is 9.21 Å². The molecule has 0 radical (unpaired) electrons. The van der Waals surface area contributed by atoms with Gasteiger partial charge >= 0.3 is 0 Å². The number of oxazole rings is 1. The van der Waals surface area contributed by atoms with Crippen LogP contribution in [0.5, 0.6) is 0 Å². The summed E-state index contributed by atoms with van der Waals surface area (Å²) >= 11 is 0. The number of aromatic nitrogens is 1. The Hall–Kier alpha value is -1.36. The summed E-state index contributed by atoms with van der Waals surface area (Å²) in [5, 5.41) is 2.62. The van der Waals surface area contributed by atoms with Crippen LogP contribution in [0.2, 0.25) is 0 Å². The van der Waals surface area contributed by atoms with Gasteiger partial charge in [0.05, 0.1) is 18.8 Å². The molecule has 5 heteroatoms. The lowest BCUT2D eigenvalue weighted by molar-refractivity contribution is -0.122. The van der Waals surface area contributed by atoms with E-state index < -0.39 is 6.04 Å². The number of carbonyl (C=O) groups excluding carboxylic acids is 1. The maximum atomic E-state index is 11.1. The van der Waals surface area contributed by atoms with E-state index in [1.807, 2.05) is 6.92 Å². The summed E-state index contributed by atoms with van der Waals surface area (Å²) in [7, 11) is 0. The van der Waals surface area contributed by atoms with E-state index in [-0.39, 0.29) is 5.91 Å². The molecule has 0 aliphatic rings. The van der Waals surface area contributed by atoms with Crippen LogP contribution in [0.4, 0.5) is 0 Å². The number of hydrogen-bond donors (Lipinski definition) is 2. The zero-order valence-electron chi connectivity index (χ0n) is 8.41. The van der Waals surface area contributed by atoms with Crippen molar-refractivity contribution in [2.24, 2.45) is 5.73 Å². The van der Waals surface area contributed by atoms with E-state index in [2.05, 4.69) is 10.3 Å². The monoisotopic (exact) mass is 197 g/mol. The molecule has 0 aliphatic carbocycles. The maximum absolute atomic E-state index is 11.1. The summed E-state index contributed by atoms with van der Waals surface area (Å²) in [5.74, 6) is 1.12. The van der Waals surface area contributed by atoms with Gasteiger partial charge < -0.3 is 15.5 Å². The molecular weight excluding hydrogens is 182 g/mol. The molecule has 0 spiro atoms. The Kier molecular flexibility index (Phi) is 3.64. The minimum Gasteiger partial charge on any atom is -0.444 e. The molecule has 1 heterocycles. The molecule has 3 N–H and O–H groups in total. The molecule has 0 aliphatic heterocycles. The summed E-state index contributed by atoms with van der Waals surface area (Å²) in [6, 6.07) is -0.504.